The molecular weight excluding hydrogens is 292 g/mol. The third-order valence-electron chi connectivity index (χ3n) is 2.40. The molecule has 3 aromatic rings. The number of nitrogens with zero attached hydrogens (tertiary/aromatic N) is 2. The Morgan fingerprint density at radius 1 is 1.26 bits per heavy atom. The standard InChI is InChI=1S/C14H8N2S3/c15-9-11(8-10-4-3-7-17-10)18-14-16-12-5-1-2-6-13(12)19-14/h1-8H. The van der Waals surface area contributed by atoms with Crippen LogP contribution in [0.1, 0.15) is 4.88 Å². The van der Waals surface area contributed by atoms with E-state index in [9.17, 15) is 5.26 Å². The topological polar surface area (TPSA) is 36.7 Å². The van der Waals surface area contributed by atoms with Crippen molar-refractivity contribution < 1.29 is 0 Å². The van der Waals surface area contributed by atoms with Crippen molar-refractivity contribution in [1.82, 2.24) is 4.98 Å². The van der Waals surface area contributed by atoms with E-state index >= 15 is 0 Å². The number of fused-ring (bicyclic) bond motifs is 1. The molecule has 0 radical (unpaired) electrons. The quantitative estimate of drug-likeness (QED) is 0.503. The van der Waals surface area contributed by atoms with Gasteiger partial charge in [0.2, 0.25) is 0 Å². The van der Waals surface area contributed by atoms with E-state index in [4.69, 9.17) is 0 Å². The van der Waals surface area contributed by atoms with Gasteiger partial charge in [0.15, 0.2) is 4.34 Å². The van der Waals surface area contributed by atoms with Gasteiger partial charge in [-0.1, -0.05) is 18.2 Å². The van der Waals surface area contributed by atoms with Crippen LogP contribution < -0.4 is 0 Å². The summed E-state index contributed by atoms with van der Waals surface area (Å²) in [6.45, 7) is 0. The van der Waals surface area contributed by atoms with Crippen LogP contribution in [0.25, 0.3) is 16.3 Å². The van der Waals surface area contributed by atoms with Gasteiger partial charge in [-0.25, -0.2) is 4.98 Å². The van der Waals surface area contributed by atoms with Crippen LogP contribution in [-0.4, -0.2) is 4.98 Å². The molecule has 0 spiro atoms. The third kappa shape index (κ3) is 2.87. The van der Waals surface area contributed by atoms with Gasteiger partial charge in [-0.05, 0) is 41.4 Å². The number of allylic oxidation sites excluding steroid dienone is 1. The fourth-order valence-electron chi connectivity index (χ4n) is 1.58. The molecule has 0 saturated carbocycles. The highest BCUT2D eigenvalue weighted by atomic mass is 32.2. The highest BCUT2D eigenvalue weighted by Gasteiger charge is 2.07. The van der Waals surface area contributed by atoms with E-state index in [1.54, 1.807) is 22.7 Å². The number of hydrogen-bond acceptors (Lipinski definition) is 5. The van der Waals surface area contributed by atoms with Crippen LogP contribution in [-0.2, 0) is 0 Å². The lowest BCUT2D eigenvalue weighted by Gasteiger charge is -1.92. The zero-order valence-electron chi connectivity index (χ0n) is 9.74. The normalized spacial score (nSPS) is 11.6. The maximum atomic E-state index is 9.20. The van der Waals surface area contributed by atoms with Crippen molar-refractivity contribution in [3.63, 3.8) is 0 Å². The fourth-order valence-corrected chi connectivity index (χ4v) is 4.27. The predicted octanol–water partition coefficient (Wildman–Crippen LogP) is 5.01. The first kappa shape index (κ1) is 12.4. The Labute approximate surface area is 123 Å². The van der Waals surface area contributed by atoms with Crippen LogP contribution >= 0.6 is 34.4 Å². The van der Waals surface area contributed by atoms with E-state index in [2.05, 4.69) is 11.1 Å². The molecule has 0 aliphatic carbocycles. The minimum atomic E-state index is 0.668. The van der Waals surface area contributed by atoms with Crippen LogP contribution in [0.4, 0.5) is 0 Å². The van der Waals surface area contributed by atoms with Gasteiger partial charge in [-0.2, -0.15) is 5.26 Å². The molecule has 1 aromatic carbocycles. The average Bonchev–Trinajstić information content (AvgIpc) is 3.06. The molecule has 0 aliphatic heterocycles. The van der Waals surface area contributed by atoms with E-state index in [1.807, 2.05) is 47.9 Å². The first-order valence-corrected chi connectivity index (χ1v) is 8.05. The maximum absolute atomic E-state index is 9.20. The summed E-state index contributed by atoms with van der Waals surface area (Å²) < 4.78 is 2.06. The first-order chi connectivity index (χ1) is 9.35. The van der Waals surface area contributed by atoms with E-state index in [0.717, 1.165) is 19.4 Å². The lowest BCUT2D eigenvalue weighted by molar-refractivity contribution is 1.31. The summed E-state index contributed by atoms with van der Waals surface area (Å²) >= 11 is 4.67. The van der Waals surface area contributed by atoms with E-state index in [1.165, 1.54) is 11.8 Å². The molecule has 5 heteroatoms. The van der Waals surface area contributed by atoms with Crippen LogP contribution in [0, 0.1) is 11.3 Å². The predicted molar refractivity (Wildman–Crippen MR) is 83.4 cm³/mol. The molecule has 19 heavy (non-hydrogen) atoms. The van der Waals surface area contributed by atoms with Crippen LogP contribution in [0.15, 0.2) is 51.0 Å². The summed E-state index contributed by atoms with van der Waals surface area (Å²) in [5.41, 5.74) is 0.989. The van der Waals surface area contributed by atoms with Gasteiger partial charge in [0.1, 0.15) is 6.07 Å². The van der Waals surface area contributed by atoms with Crippen molar-refractivity contribution in [3.05, 3.63) is 51.6 Å². The van der Waals surface area contributed by atoms with Gasteiger partial charge in [0.25, 0.3) is 0 Å². The van der Waals surface area contributed by atoms with E-state index in [0.29, 0.717) is 4.91 Å². The van der Waals surface area contributed by atoms with Crippen molar-refractivity contribution in [2.75, 3.05) is 0 Å². The van der Waals surface area contributed by atoms with Gasteiger partial charge in [0, 0.05) is 4.88 Å². The van der Waals surface area contributed by atoms with Gasteiger partial charge in [-0.3, -0.25) is 0 Å². The van der Waals surface area contributed by atoms with Crippen molar-refractivity contribution in [2.24, 2.45) is 0 Å². The van der Waals surface area contributed by atoms with Crippen molar-refractivity contribution >= 4 is 50.7 Å². The van der Waals surface area contributed by atoms with E-state index < -0.39 is 0 Å². The second kappa shape index (κ2) is 5.57. The number of hydrogen-bond donors (Lipinski definition) is 0. The van der Waals surface area contributed by atoms with Crippen molar-refractivity contribution in [3.8, 4) is 6.07 Å². The lowest BCUT2D eigenvalue weighted by atomic mass is 10.3. The summed E-state index contributed by atoms with van der Waals surface area (Å²) in [4.78, 5) is 6.28. The summed E-state index contributed by atoms with van der Waals surface area (Å²) in [7, 11) is 0. The summed E-state index contributed by atoms with van der Waals surface area (Å²) in [6, 6.07) is 14.2. The lowest BCUT2D eigenvalue weighted by Crippen LogP contribution is -1.72. The van der Waals surface area contributed by atoms with Crippen molar-refractivity contribution in [1.29, 1.82) is 5.26 Å². The number of thioether (sulfide) groups is 1. The minimum absolute atomic E-state index is 0.668. The number of nitriles is 1. The molecule has 0 fully saturated rings. The summed E-state index contributed by atoms with van der Waals surface area (Å²) in [6.07, 6.45) is 1.90. The molecule has 0 unspecified atom stereocenters. The number of para-hydroxylation sites is 1. The van der Waals surface area contributed by atoms with Gasteiger partial charge in [-0.15, -0.1) is 22.7 Å². The molecule has 0 bridgehead atoms. The van der Waals surface area contributed by atoms with Gasteiger partial charge in [0.05, 0.1) is 15.1 Å². The number of aromatic nitrogens is 1. The zero-order valence-corrected chi connectivity index (χ0v) is 12.2. The molecule has 2 heterocycles. The molecule has 3 rings (SSSR count). The largest absolute Gasteiger partial charge is 0.229 e. The summed E-state index contributed by atoms with van der Waals surface area (Å²) in [5.74, 6) is 0. The molecule has 0 atom stereocenters. The molecule has 0 aliphatic rings. The van der Waals surface area contributed by atoms with Crippen LogP contribution in [0.5, 0.6) is 0 Å². The SMILES string of the molecule is N#CC(=Cc1cccs1)Sc1nc2ccccc2s1. The molecular formula is C14H8N2S3. The number of benzene rings is 1. The Balaban J connectivity index is 1.89. The first-order valence-electron chi connectivity index (χ1n) is 5.54. The zero-order chi connectivity index (χ0) is 13.1. The number of thiophene rings is 1. The highest BCUT2D eigenvalue weighted by Crippen LogP contribution is 2.34. The Morgan fingerprint density at radius 3 is 2.89 bits per heavy atom. The fraction of sp³-hybridized carbons (Fsp3) is 0. The molecule has 0 N–H and O–H groups in total. The second-order valence-electron chi connectivity index (χ2n) is 3.69. The Bertz CT molecular complexity index is 730. The second-order valence-corrected chi connectivity index (χ2v) is 6.98. The number of rotatable bonds is 3. The van der Waals surface area contributed by atoms with Crippen LogP contribution in [0.2, 0.25) is 0 Å². The molecule has 2 nitrogen and oxygen atoms in total. The monoisotopic (exact) mass is 300 g/mol. The molecule has 0 amide bonds. The smallest absolute Gasteiger partial charge is 0.156 e. The molecule has 2 aromatic heterocycles. The minimum Gasteiger partial charge on any atom is -0.229 e. The summed E-state index contributed by atoms with van der Waals surface area (Å²) in [5, 5.41) is 11.2. The number of thiazole rings is 1. The van der Waals surface area contributed by atoms with E-state index in [-0.39, 0.29) is 0 Å². The third-order valence-corrected chi connectivity index (χ3v) is 5.24. The van der Waals surface area contributed by atoms with Gasteiger partial charge >= 0.3 is 0 Å². The highest BCUT2D eigenvalue weighted by molar-refractivity contribution is 8.05. The van der Waals surface area contributed by atoms with Gasteiger partial charge < -0.3 is 0 Å². The Hall–Kier alpha value is -1.61. The maximum Gasteiger partial charge on any atom is 0.156 e. The van der Waals surface area contributed by atoms with Crippen LogP contribution in [0.3, 0.4) is 0 Å². The molecule has 0 saturated heterocycles. The Kier molecular flexibility index (Phi) is 3.65. The van der Waals surface area contributed by atoms with Crippen molar-refractivity contribution in [2.45, 2.75) is 4.34 Å². The molecule has 92 valence electrons. The average molecular weight is 300 g/mol. The Morgan fingerprint density at radius 2 is 2.16 bits per heavy atom.